The molecular weight excluding hydrogens is 99.1 g/mol. The van der Waals surface area contributed by atoms with Gasteiger partial charge >= 0.3 is 0 Å². The third-order valence-electron chi connectivity index (χ3n) is 0.368. The van der Waals surface area contributed by atoms with E-state index in [-0.39, 0.29) is 17.4 Å². The molecule has 0 nitrogen and oxygen atoms in total. The second-order valence-electron chi connectivity index (χ2n) is 0.898. The SMILES string of the molecule is C#CC(C)SF. The summed E-state index contributed by atoms with van der Waals surface area (Å²) in [6, 6.07) is 0. The number of halogens is 1. The van der Waals surface area contributed by atoms with Gasteiger partial charge in [0.1, 0.15) is 0 Å². The van der Waals surface area contributed by atoms with E-state index in [4.69, 9.17) is 6.42 Å². The molecule has 0 radical (unpaired) electrons. The molecule has 0 aliphatic carbocycles. The van der Waals surface area contributed by atoms with Crippen LogP contribution in [0.3, 0.4) is 0 Å². The monoisotopic (exact) mass is 104 g/mol. The molecular formula is C4H5FS. The Morgan fingerprint density at radius 2 is 2.50 bits per heavy atom. The Labute approximate surface area is 41.4 Å². The molecule has 6 heavy (non-hydrogen) atoms. The molecule has 0 saturated heterocycles. The van der Waals surface area contributed by atoms with Gasteiger partial charge in [-0.05, 0) is 6.92 Å². The van der Waals surface area contributed by atoms with E-state index in [0.717, 1.165) is 0 Å². The Morgan fingerprint density at radius 1 is 2.00 bits per heavy atom. The minimum atomic E-state index is -0.287. The summed E-state index contributed by atoms with van der Waals surface area (Å²) in [5.41, 5.74) is 0. The first-order chi connectivity index (χ1) is 2.81. The first-order valence-corrected chi connectivity index (χ1v) is 2.32. The van der Waals surface area contributed by atoms with Crippen molar-refractivity contribution in [2.24, 2.45) is 0 Å². The second kappa shape index (κ2) is 3.05. The first kappa shape index (κ1) is 5.84. The van der Waals surface area contributed by atoms with Gasteiger partial charge in [-0.2, -0.15) is 3.89 Å². The highest BCUT2D eigenvalue weighted by Gasteiger charge is 1.90. The van der Waals surface area contributed by atoms with Crippen LogP contribution >= 0.6 is 12.1 Å². The lowest BCUT2D eigenvalue weighted by molar-refractivity contribution is 0.925. The standard InChI is InChI=1S/C4H5FS/c1-3-4(2)6-5/h1,4H,2H3. The van der Waals surface area contributed by atoms with Crippen LogP contribution < -0.4 is 0 Å². The molecule has 34 valence electrons. The summed E-state index contributed by atoms with van der Waals surface area (Å²) in [6.07, 6.45) is 4.77. The molecule has 0 spiro atoms. The average Bonchev–Trinajstić information content (AvgIpc) is 1.65. The lowest BCUT2D eigenvalue weighted by Crippen LogP contribution is -1.82. The number of hydrogen-bond donors (Lipinski definition) is 0. The molecule has 1 unspecified atom stereocenters. The van der Waals surface area contributed by atoms with Crippen molar-refractivity contribution in [1.82, 2.24) is 0 Å². The molecule has 0 aromatic rings. The van der Waals surface area contributed by atoms with Gasteiger partial charge in [0.2, 0.25) is 0 Å². The minimum absolute atomic E-state index is 0.189. The number of hydrogen-bond acceptors (Lipinski definition) is 1. The van der Waals surface area contributed by atoms with Crippen LogP contribution in [0, 0.1) is 12.3 Å². The Morgan fingerprint density at radius 3 is 2.50 bits per heavy atom. The lowest BCUT2D eigenvalue weighted by atomic mass is 10.5. The van der Waals surface area contributed by atoms with Crippen molar-refractivity contribution in [2.75, 3.05) is 0 Å². The van der Waals surface area contributed by atoms with Crippen LogP contribution in [0.1, 0.15) is 6.92 Å². The largest absolute Gasteiger partial charge is 0.164 e. The lowest BCUT2D eigenvalue weighted by Gasteiger charge is -1.85. The summed E-state index contributed by atoms with van der Waals surface area (Å²) in [6.45, 7) is 1.63. The molecule has 0 bridgehead atoms. The molecule has 0 aromatic heterocycles. The molecule has 2 heteroatoms. The predicted octanol–water partition coefficient (Wildman–Crippen LogP) is 1.63. The maximum atomic E-state index is 11.2. The fourth-order valence-electron chi connectivity index (χ4n) is 0.0257. The molecule has 0 rings (SSSR count). The zero-order valence-electron chi connectivity index (χ0n) is 3.44. The van der Waals surface area contributed by atoms with Crippen LogP contribution in [0.4, 0.5) is 3.89 Å². The van der Waals surface area contributed by atoms with Gasteiger partial charge in [-0.1, -0.05) is 5.92 Å². The number of rotatable bonds is 1. The van der Waals surface area contributed by atoms with E-state index < -0.39 is 0 Å². The zero-order valence-corrected chi connectivity index (χ0v) is 4.26. The van der Waals surface area contributed by atoms with E-state index in [2.05, 4.69) is 5.92 Å². The zero-order chi connectivity index (χ0) is 4.99. The van der Waals surface area contributed by atoms with E-state index in [9.17, 15) is 3.89 Å². The van der Waals surface area contributed by atoms with Crippen molar-refractivity contribution in [3.63, 3.8) is 0 Å². The Hall–Kier alpha value is -0.160. The third kappa shape index (κ3) is 2.10. The van der Waals surface area contributed by atoms with Gasteiger partial charge < -0.3 is 0 Å². The molecule has 0 aromatic carbocycles. The summed E-state index contributed by atoms with van der Waals surface area (Å²) in [7, 11) is 0. The molecule has 0 saturated carbocycles. The van der Waals surface area contributed by atoms with Crippen molar-refractivity contribution in [3.8, 4) is 12.3 Å². The van der Waals surface area contributed by atoms with Crippen LogP contribution in [0.2, 0.25) is 0 Å². The van der Waals surface area contributed by atoms with Crippen LogP contribution in [0.15, 0.2) is 0 Å². The summed E-state index contributed by atoms with van der Waals surface area (Å²) in [5.74, 6) is 2.20. The molecule has 0 amide bonds. The summed E-state index contributed by atoms with van der Waals surface area (Å²) < 4.78 is 11.2. The van der Waals surface area contributed by atoms with Crippen molar-refractivity contribution in [1.29, 1.82) is 0 Å². The van der Waals surface area contributed by atoms with Gasteiger partial charge in [0.05, 0.1) is 17.4 Å². The minimum Gasteiger partial charge on any atom is -0.164 e. The second-order valence-corrected chi connectivity index (χ2v) is 1.78. The molecule has 1 atom stereocenters. The smallest absolute Gasteiger partial charge is 0.0941 e. The highest BCUT2D eigenvalue weighted by Crippen LogP contribution is 2.07. The highest BCUT2D eigenvalue weighted by atomic mass is 32.2. The van der Waals surface area contributed by atoms with Gasteiger partial charge in [-0.25, -0.2) is 0 Å². The summed E-state index contributed by atoms with van der Waals surface area (Å²) in [4.78, 5) is 0. The maximum Gasteiger partial charge on any atom is 0.0941 e. The van der Waals surface area contributed by atoms with Crippen LogP contribution in [0.25, 0.3) is 0 Å². The predicted molar refractivity (Wildman–Crippen MR) is 27.0 cm³/mol. The van der Waals surface area contributed by atoms with E-state index in [1.807, 2.05) is 0 Å². The highest BCUT2D eigenvalue weighted by molar-refractivity contribution is 7.95. The normalized spacial score (nSPS) is 12.8. The fourth-order valence-corrected chi connectivity index (χ4v) is 0.0772. The van der Waals surface area contributed by atoms with E-state index in [1.165, 1.54) is 0 Å². The molecule has 0 fully saturated rings. The van der Waals surface area contributed by atoms with E-state index in [1.54, 1.807) is 6.92 Å². The molecule has 0 aliphatic heterocycles. The van der Waals surface area contributed by atoms with Gasteiger partial charge in [0.25, 0.3) is 0 Å². The summed E-state index contributed by atoms with van der Waals surface area (Å²) in [5, 5.41) is -0.287. The van der Waals surface area contributed by atoms with Crippen LogP contribution in [-0.4, -0.2) is 5.25 Å². The average molecular weight is 104 g/mol. The van der Waals surface area contributed by atoms with Crippen LogP contribution in [-0.2, 0) is 0 Å². The quantitative estimate of drug-likeness (QED) is 0.455. The van der Waals surface area contributed by atoms with Crippen molar-refractivity contribution in [2.45, 2.75) is 12.2 Å². The topological polar surface area (TPSA) is 0 Å². The molecule has 0 heterocycles. The first-order valence-electron chi connectivity index (χ1n) is 1.54. The Bertz CT molecular complexity index is 64.4. The maximum absolute atomic E-state index is 11.2. The van der Waals surface area contributed by atoms with Crippen molar-refractivity contribution in [3.05, 3.63) is 0 Å². The van der Waals surface area contributed by atoms with Crippen LogP contribution in [0.5, 0.6) is 0 Å². The fraction of sp³-hybridized carbons (Fsp3) is 0.500. The van der Waals surface area contributed by atoms with Gasteiger partial charge in [-0.15, -0.1) is 6.42 Å². The van der Waals surface area contributed by atoms with Gasteiger partial charge in [0.15, 0.2) is 0 Å². The van der Waals surface area contributed by atoms with Gasteiger partial charge in [0, 0.05) is 0 Å². The van der Waals surface area contributed by atoms with Crippen molar-refractivity contribution < 1.29 is 3.89 Å². The molecule has 0 N–H and O–H groups in total. The van der Waals surface area contributed by atoms with E-state index >= 15 is 0 Å². The van der Waals surface area contributed by atoms with Crippen molar-refractivity contribution >= 4 is 12.1 Å². The summed E-state index contributed by atoms with van der Waals surface area (Å²) >= 11 is 0.189. The van der Waals surface area contributed by atoms with Gasteiger partial charge in [-0.3, -0.25) is 0 Å². The third-order valence-corrected chi connectivity index (χ3v) is 0.772. The number of terminal acetylenes is 1. The van der Waals surface area contributed by atoms with E-state index in [0.29, 0.717) is 0 Å². The Kier molecular flexibility index (Phi) is 2.97. The Balaban J connectivity index is 3.04. The molecule has 0 aliphatic rings.